The second-order valence-corrected chi connectivity index (χ2v) is 6.28. The molecule has 2 rings (SSSR count). The predicted octanol–water partition coefficient (Wildman–Crippen LogP) is 2.24. The number of hydrogen-bond acceptors (Lipinski definition) is 4. The first-order chi connectivity index (χ1) is 9.94. The summed E-state index contributed by atoms with van der Waals surface area (Å²) in [5.74, 6) is 0. The van der Waals surface area contributed by atoms with Gasteiger partial charge in [-0.3, -0.25) is 0 Å². The molecule has 8 heteroatoms. The molecule has 21 heavy (non-hydrogen) atoms. The Morgan fingerprint density at radius 1 is 1.48 bits per heavy atom. The van der Waals surface area contributed by atoms with E-state index in [0.717, 1.165) is 4.90 Å². The molecule has 1 saturated heterocycles. The molecule has 0 aliphatic carbocycles. The molecule has 0 bridgehead atoms. The summed E-state index contributed by atoms with van der Waals surface area (Å²) in [7, 11) is 0. The van der Waals surface area contributed by atoms with E-state index in [0.29, 0.717) is 0 Å². The van der Waals surface area contributed by atoms with Crippen LogP contribution in [0.25, 0.3) is 10.4 Å². The highest BCUT2D eigenvalue weighted by Gasteiger charge is 2.46. The number of azide groups is 1. The van der Waals surface area contributed by atoms with Crippen molar-refractivity contribution in [2.75, 3.05) is 0 Å². The Kier molecular flexibility index (Phi) is 4.62. The van der Waals surface area contributed by atoms with Gasteiger partial charge in [0.05, 0.1) is 17.3 Å². The molecule has 112 valence electrons. The monoisotopic (exact) mass is 307 g/mol. The third-order valence-corrected chi connectivity index (χ3v) is 4.85. The predicted molar refractivity (Wildman–Crippen MR) is 80.8 cm³/mol. The lowest BCUT2D eigenvalue weighted by Gasteiger charge is -2.44. The van der Waals surface area contributed by atoms with E-state index in [9.17, 15) is 9.90 Å². The fraction of sp³-hybridized carbons (Fsp3) is 0.462. The fourth-order valence-corrected chi connectivity index (χ4v) is 3.61. The van der Waals surface area contributed by atoms with Gasteiger partial charge < -0.3 is 15.7 Å². The van der Waals surface area contributed by atoms with Gasteiger partial charge >= 0.3 is 6.03 Å². The molecule has 3 N–H and O–H groups in total. The average Bonchev–Trinajstić information content (AvgIpc) is 2.42. The average molecular weight is 307 g/mol. The number of rotatable bonds is 4. The summed E-state index contributed by atoms with van der Waals surface area (Å²) in [6.45, 7) is 3.26. The number of thioether (sulfide) groups is 1. The highest BCUT2D eigenvalue weighted by atomic mass is 32.2. The van der Waals surface area contributed by atoms with Crippen LogP contribution < -0.4 is 10.6 Å². The number of carbonyl (C=O) groups is 1. The molecule has 1 aliphatic heterocycles. The molecule has 7 nitrogen and oxygen atoms in total. The normalized spacial score (nSPS) is 29.8. The highest BCUT2D eigenvalue weighted by Crippen LogP contribution is 2.34. The lowest BCUT2D eigenvalue weighted by Crippen LogP contribution is -2.70. The van der Waals surface area contributed by atoms with Crippen LogP contribution in [0.5, 0.6) is 0 Å². The van der Waals surface area contributed by atoms with Crippen molar-refractivity contribution in [3.8, 4) is 0 Å². The van der Waals surface area contributed by atoms with Crippen molar-refractivity contribution in [2.45, 2.75) is 41.8 Å². The van der Waals surface area contributed by atoms with Gasteiger partial charge in [0.1, 0.15) is 5.72 Å². The number of urea groups is 1. The van der Waals surface area contributed by atoms with E-state index in [-0.39, 0.29) is 0 Å². The Morgan fingerprint density at radius 2 is 2.14 bits per heavy atom. The third-order valence-electron chi connectivity index (χ3n) is 3.30. The van der Waals surface area contributed by atoms with E-state index in [4.69, 9.17) is 5.53 Å². The summed E-state index contributed by atoms with van der Waals surface area (Å²) in [6.07, 6.45) is 0. The van der Waals surface area contributed by atoms with Crippen LogP contribution in [0, 0.1) is 0 Å². The number of nitrogens with zero attached hydrogens (tertiary/aromatic N) is 3. The van der Waals surface area contributed by atoms with Gasteiger partial charge in [-0.1, -0.05) is 30.2 Å². The summed E-state index contributed by atoms with van der Waals surface area (Å²) in [5, 5.41) is 19.0. The Morgan fingerprint density at radius 3 is 2.76 bits per heavy atom. The number of benzene rings is 1. The van der Waals surface area contributed by atoms with Crippen LogP contribution in [0.4, 0.5) is 4.79 Å². The van der Waals surface area contributed by atoms with Gasteiger partial charge in [0.15, 0.2) is 0 Å². The van der Waals surface area contributed by atoms with Gasteiger partial charge in [0, 0.05) is 9.81 Å². The number of hydrogen-bond donors (Lipinski definition) is 3. The minimum absolute atomic E-state index is 0.405. The van der Waals surface area contributed by atoms with E-state index >= 15 is 0 Å². The van der Waals surface area contributed by atoms with Crippen LogP contribution in [0.15, 0.2) is 40.3 Å². The molecule has 1 aromatic carbocycles. The van der Waals surface area contributed by atoms with Gasteiger partial charge in [-0.15, -0.1) is 11.8 Å². The fourth-order valence-electron chi connectivity index (χ4n) is 2.27. The maximum absolute atomic E-state index is 11.7. The van der Waals surface area contributed by atoms with Crippen LogP contribution in [-0.4, -0.2) is 34.2 Å². The van der Waals surface area contributed by atoms with E-state index in [1.165, 1.54) is 11.8 Å². The van der Waals surface area contributed by atoms with Crippen LogP contribution in [0.1, 0.15) is 13.8 Å². The Bertz CT molecular complexity index is 559. The SMILES string of the molecule is CC(N=[N+]=[N-])C1NC(=O)NC(C)(O)C1Sc1ccccc1. The zero-order valence-electron chi connectivity index (χ0n) is 11.7. The standard InChI is InChI=1S/C13H17N5O2S/c1-8(17-18-14)10-11(13(2,20)16-12(19)15-10)21-9-6-4-3-5-7-9/h3-8,10-11,20H,1-2H3,(H2,15,16,19). The van der Waals surface area contributed by atoms with Crippen molar-refractivity contribution >= 4 is 17.8 Å². The molecule has 1 fully saturated rings. The van der Waals surface area contributed by atoms with E-state index < -0.39 is 29.1 Å². The molecule has 0 saturated carbocycles. The van der Waals surface area contributed by atoms with Crippen molar-refractivity contribution in [3.05, 3.63) is 40.8 Å². The van der Waals surface area contributed by atoms with E-state index in [1.54, 1.807) is 13.8 Å². The van der Waals surface area contributed by atoms with Gasteiger partial charge in [-0.25, -0.2) is 4.79 Å². The number of carbonyl (C=O) groups excluding carboxylic acids is 1. The molecule has 2 amide bonds. The largest absolute Gasteiger partial charge is 0.370 e. The lowest BCUT2D eigenvalue weighted by molar-refractivity contribution is 0.00961. The zero-order chi connectivity index (χ0) is 15.5. The van der Waals surface area contributed by atoms with E-state index in [1.807, 2.05) is 30.3 Å². The van der Waals surface area contributed by atoms with Gasteiger partial charge in [-0.2, -0.15) is 0 Å². The molecule has 0 radical (unpaired) electrons. The molecule has 1 aromatic rings. The van der Waals surface area contributed by atoms with E-state index in [2.05, 4.69) is 20.7 Å². The summed E-state index contributed by atoms with van der Waals surface area (Å²) in [4.78, 5) is 15.4. The Labute approximate surface area is 126 Å². The Balaban J connectivity index is 2.30. The summed E-state index contributed by atoms with van der Waals surface area (Å²) in [5.41, 5.74) is 7.19. The smallest absolute Gasteiger partial charge is 0.317 e. The van der Waals surface area contributed by atoms with Crippen molar-refractivity contribution in [1.82, 2.24) is 10.6 Å². The minimum Gasteiger partial charge on any atom is -0.370 e. The number of aliphatic hydroxyl groups is 1. The maximum Gasteiger partial charge on any atom is 0.317 e. The van der Waals surface area contributed by atoms with Crippen molar-refractivity contribution in [1.29, 1.82) is 0 Å². The maximum atomic E-state index is 11.7. The first kappa shape index (κ1) is 15.5. The molecular formula is C13H17N5O2S. The molecule has 0 spiro atoms. The Hall–Kier alpha value is -1.89. The molecule has 1 aliphatic rings. The highest BCUT2D eigenvalue weighted by molar-refractivity contribution is 8.00. The van der Waals surface area contributed by atoms with Crippen LogP contribution in [0.2, 0.25) is 0 Å². The molecule has 4 unspecified atom stereocenters. The lowest BCUT2D eigenvalue weighted by atomic mass is 9.97. The molecule has 4 atom stereocenters. The van der Waals surface area contributed by atoms with Crippen LogP contribution in [-0.2, 0) is 0 Å². The van der Waals surface area contributed by atoms with Crippen molar-refractivity contribution in [2.24, 2.45) is 5.11 Å². The number of nitrogens with one attached hydrogen (secondary N) is 2. The number of amides is 2. The second-order valence-electron chi connectivity index (χ2n) is 5.07. The first-order valence-electron chi connectivity index (χ1n) is 6.51. The summed E-state index contributed by atoms with van der Waals surface area (Å²) in [6, 6.07) is 8.12. The minimum atomic E-state index is -1.41. The molecular weight excluding hydrogens is 290 g/mol. The van der Waals surface area contributed by atoms with Crippen LogP contribution in [0.3, 0.4) is 0 Å². The third kappa shape index (κ3) is 3.60. The second kappa shape index (κ2) is 6.26. The van der Waals surface area contributed by atoms with Gasteiger partial charge in [-0.05, 0) is 24.6 Å². The topological polar surface area (TPSA) is 110 Å². The summed E-state index contributed by atoms with van der Waals surface area (Å²) < 4.78 is 0. The van der Waals surface area contributed by atoms with Crippen molar-refractivity contribution in [3.63, 3.8) is 0 Å². The zero-order valence-corrected chi connectivity index (χ0v) is 12.5. The molecule has 1 heterocycles. The van der Waals surface area contributed by atoms with Crippen LogP contribution >= 0.6 is 11.8 Å². The van der Waals surface area contributed by atoms with Gasteiger partial charge in [0.2, 0.25) is 0 Å². The molecule has 0 aromatic heterocycles. The van der Waals surface area contributed by atoms with Crippen molar-refractivity contribution < 1.29 is 9.90 Å². The van der Waals surface area contributed by atoms with Gasteiger partial charge in [0.25, 0.3) is 0 Å². The quantitative estimate of drug-likeness (QED) is 0.450. The first-order valence-corrected chi connectivity index (χ1v) is 7.39. The summed E-state index contributed by atoms with van der Waals surface area (Å²) >= 11 is 1.43.